The molecular weight excluding hydrogens is 214 g/mol. The number of quaternary nitrogens is 1. The molecule has 0 atom stereocenters. The van der Waals surface area contributed by atoms with E-state index >= 15 is 0 Å². The maximum Gasteiger partial charge on any atom is 0.140 e. The van der Waals surface area contributed by atoms with E-state index in [9.17, 15) is 0 Å². The zero-order chi connectivity index (χ0) is 12.5. The Morgan fingerprint density at radius 1 is 1.20 bits per heavy atom. The molecule has 0 N–H and O–H groups in total. The Bertz CT molecular complexity index is 270. The van der Waals surface area contributed by atoms with Crippen molar-refractivity contribution < 1.29 is 17.5 Å². The molecule has 0 heterocycles. The van der Waals surface area contributed by atoms with Crippen LogP contribution in [0.15, 0.2) is 0 Å². The summed E-state index contributed by atoms with van der Waals surface area (Å²) < 4.78 is 28.3. The highest BCUT2D eigenvalue weighted by molar-refractivity contribution is 7.84. The minimum absolute atomic E-state index is 0.604. The monoisotopic (exact) mass is 235 g/mol. The summed E-state index contributed by atoms with van der Waals surface area (Å²) in [7, 11) is -3.92. The van der Waals surface area contributed by atoms with Crippen LogP contribution >= 0.6 is 0 Å². The molecule has 0 aromatic heterocycles. The van der Waals surface area contributed by atoms with E-state index in [-0.39, 0.29) is 0 Å². The van der Waals surface area contributed by atoms with Gasteiger partial charge >= 0.3 is 0 Å². The highest BCUT2D eigenvalue weighted by atomic mass is 32.2. The van der Waals surface area contributed by atoms with Crippen molar-refractivity contribution in [3.63, 3.8) is 0 Å². The molecule has 0 aliphatic rings. The zero-order valence-electron chi connectivity index (χ0n) is 9.99. The molecule has 90 valence electrons. The Labute approximate surface area is 93.6 Å². The molecule has 0 bridgehead atoms. The molecule has 0 radical (unpaired) electrons. The first-order valence-electron chi connectivity index (χ1n) is 4.94. The van der Waals surface area contributed by atoms with Gasteiger partial charge in [-0.1, -0.05) is 0 Å². The maximum absolute atomic E-state index is 9.08. The van der Waals surface area contributed by atoms with E-state index < -0.39 is 10.1 Å². The first kappa shape index (κ1) is 16.8. The number of hydrogen-bond donors (Lipinski definition) is 0. The van der Waals surface area contributed by atoms with Gasteiger partial charge in [0, 0.05) is 6.26 Å². The summed E-state index contributed by atoms with van der Waals surface area (Å²) in [6.07, 6.45) is 5.88. The minimum atomic E-state index is -3.92. The average molecular weight is 235 g/mol. The van der Waals surface area contributed by atoms with Gasteiger partial charge in [0.05, 0.1) is 29.8 Å². The Kier molecular flexibility index (Phi) is 8.63. The third-order valence-corrected chi connectivity index (χ3v) is 2.44. The van der Waals surface area contributed by atoms with Crippen molar-refractivity contribution in [2.45, 2.75) is 20.8 Å². The normalized spacial score (nSPS) is 11.2. The van der Waals surface area contributed by atoms with Crippen molar-refractivity contribution in [3.8, 4) is 12.3 Å². The topological polar surface area (TPSA) is 57.2 Å². The van der Waals surface area contributed by atoms with Crippen molar-refractivity contribution in [2.75, 3.05) is 32.4 Å². The standard InChI is InChI=1S/C9H18N.CH4O3S/c1-5-9-10(6-2,7-3)8-4;1-5(2,3)4/h1H,6-9H2,2-4H3;1H3,(H,2,3,4)/q+1;/p-1. The van der Waals surface area contributed by atoms with Gasteiger partial charge in [-0.3, -0.25) is 0 Å². The lowest BCUT2D eigenvalue weighted by molar-refractivity contribution is -0.916. The van der Waals surface area contributed by atoms with Crippen LogP contribution in [-0.2, 0) is 10.1 Å². The van der Waals surface area contributed by atoms with Gasteiger partial charge in [-0.2, -0.15) is 0 Å². The summed E-state index contributed by atoms with van der Waals surface area (Å²) in [4.78, 5) is 0. The van der Waals surface area contributed by atoms with E-state index in [1.54, 1.807) is 0 Å². The fourth-order valence-electron chi connectivity index (χ4n) is 1.20. The molecule has 15 heavy (non-hydrogen) atoms. The highest BCUT2D eigenvalue weighted by Crippen LogP contribution is 2.03. The van der Waals surface area contributed by atoms with Crippen molar-refractivity contribution in [2.24, 2.45) is 0 Å². The van der Waals surface area contributed by atoms with E-state index in [2.05, 4.69) is 26.7 Å². The Hall–Kier alpha value is -0.570. The summed E-state index contributed by atoms with van der Waals surface area (Å²) in [5, 5.41) is 0. The predicted molar refractivity (Wildman–Crippen MR) is 61.2 cm³/mol. The van der Waals surface area contributed by atoms with Crippen LogP contribution in [0, 0.1) is 12.3 Å². The van der Waals surface area contributed by atoms with Gasteiger partial charge in [0.15, 0.2) is 0 Å². The number of hydrogen-bond acceptors (Lipinski definition) is 3. The lowest BCUT2D eigenvalue weighted by Crippen LogP contribution is -2.47. The summed E-state index contributed by atoms with van der Waals surface area (Å²) in [5.41, 5.74) is 0. The third-order valence-electron chi connectivity index (χ3n) is 2.44. The van der Waals surface area contributed by atoms with E-state index in [0.717, 1.165) is 30.7 Å². The van der Waals surface area contributed by atoms with Gasteiger partial charge in [-0.15, -0.1) is 6.42 Å². The molecule has 0 rings (SSSR count). The van der Waals surface area contributed by atoms with E-state index in [0.29, 0.717) is 6.26 Å². The summed E-state index contributed by atoms with van der Waals surface area (Å²) >= 11 is 0. The summed E-state index contributed by atoms with van der Waals surface area (Å²) in [5.74, 6) is 2.73. The Morgan fingerprint density at radius 2 is 1.47 bits per heavy atom. The average Bonchev–Trinajstić information content (AvgIpc) is 2.12. The van der Waals surface area contributed by atoms with Crippen molar-refractivity contribution in [1.82, 2.24) is 0 Å². The quantitative estimate of drug-likeness (QED) is 0.408. The van der Waals surface area contributed by atoms with Crippen LogP contribution in [0.1, 0.15) is 20.8 Å². The van der Waals surface area contributed by atoms with Crippen molar-refractivity contribution in [3.05, 3.63) is 0 Å². The molecule has 5 heteroatoms. The van der Waals surface area contributed by atoms with Crippen LogP contribution < -0.4 is 0 Å². The molecule has 4 nitrogen and oxygen atoms in total. The van der Waals surface area contributed by atoms with E-state index in [4.69, 9.17) is 19.4 Å². The van der Waals surface area contributed by atoms with Crippen LogP contribution in [0.2, 0.25) is 0 Å². The molecule has 0 spiro atoms. The van der Waals surface area contributed by atoms with Gasteiger partial charge in [-0.25, -0.2) is 8.42 Å². The number of rotatable bonds is 4. The van der Waals surface area contributed by atoms with Crippen molar-refractivity contribution in [1.29, 1.82) is 0 Å². The zero-order valence-corrected chi connectivity index (χ0v) is 10.8. The van der Waals surface area contributed by atoms with Gasteiger partial charge in [0.2, 0.25) is 0 Å². The van der Waals surface area contributed by atoms with Crippen LogP contribution in [0.3, 0.4) is 0 Å². The second-order valence-electron chi connectivity index (χ2n) is 3.36. The smallest absolute Gasteiger partial charge is 0.140 e. The second-order valence-corrected chi connectivity index (χ2v) is 4.76. The number of nitrogens with zero attached hydrogens (tertiary/aromatic N) is 1. The van der Waals surface area contributed by atoms with Crippen LogP contribution in [0.4, 0.5) is 0 Å². The first-order chi connectivity index (χ1) is 6.74. The third kappa shape index (κ3) is 11.4. The fraction of sp³-hybridized carbons (Fsp3) is 0.800. The van der Waals surface area contributed by atoms with E-state index in [1.165, 1.54) is 0 Å². The molecule has 0 saturated carbocycles. The lowest BCUT2D eigenvalue weighted by atomic mass is 10.3. The number of terminal acetylenes is 1. The molecule has 0 aromatic rings. The molecule has 0 aliphatic heterocycles. The molecule has 0 amide bonds. The molecule has 0 aliphatic carbocycles. The SMILES string of the molecule is C#CC[N+](CC)(CC)CC.CS(=O)(=O)[O-]. The lowest BCUT2D eigenvalue weighted by Gasteiger charge is -2.33. The molecular formula is C10H21NO3S. The van der Waals surface area contributed by atoms with Gasteiger partial charge in [0.1, 0.15) is 6.54 Å². The van der Waals surface area contributed by atoms with Crippen LogP contribution in [-0.4, -0.2) is 49.9 Å². The maximum atomic E-state index is 9.08. The first-order valence-corrected chi connectivity index (χ1v) is 6.75. The van der Waals surface area contributed by atoms with Crippen LogP contribution in [0.25, 0.3) is 0 Å². The molecule has 0 aromatic carbocycles. The second kappa shape index (κ2) is 7.69. The van der Waals surface area contributed by atoms with Gasteiger partial charge < -0.3 is 9.04 Å². The van der Waals surface area contributed by atoms with Gasteiger partial charge in [0.25, 0.3) is 0 Å². The largest absolute Gasteiger partial charge is 0.748 e. The molecule has 0 fully saturated rings. The molecule has 0 unspecified atom stereocenters. The highest BCUT2D eigenvalue weighted by Gasteiger charge is 2.17. The van der Waals surface area contributed by atoms with Crippen LogP contribution in [0.5, 0.6) is 0 Å². The summed E-state index contributed by atoms with van der Waals surface area (Å²) in [6.45, 7) is 10.9. The van der Waals surface area contributed by atoms with E-state index in [1.807, 2.05) is 0 Å². The predicted octanol–water partition coefficient (Wildman–Crippen LogP) is 0.657. The Balaban J connectivity index is 0. The Morgan fingerprint density at radius 3 is 1.53 bits per heavy atom. The minimum Gasteiger partial charge on any atom is -0.748 e. The van der Waals surface area contributed by atoms with Gasteiger partial charge in [-0.05, 0) is 26.7 Å². The fourth-order valence-corrected chi connectivity index (χ4v) is 1.20. The summed E-state index contributed by atoms with van der Waals surface area (Å²) in [6, 6.07) is 0. The van der Waals surface area contributed by atoms with Crippen molar-refractivity contribution >= 4 is 10.1 Å². The molecule has 0 saturated heterocycles.